The van der Waals surface area contributed by atoms with Crippen molar-refractivity contribution in [3.05, 3.63) is 60.8 Å². The van der Waals surface area contributed by atoms with Crippen LogP contribution in [-0.2, 0) is 33.3 Å². The third kappa shape index (κ3) is 50.9. The number of quaternary nitrogens is 1. The van der Waals surface area contributed by atoms with Crippen LogP contribution in [-0.4, -0.2) is 87.4 Å². The van der Waals surface area contributed by atoms with Crippen LogP contribution < -0.4 is 0 Å². The monoisotopic (exact) mass is 957 g/mol. The van der Waals surface area contributed by atoms with Crippen molar-refractivity contribution >= 4 is 17.9 Å². The van der Waals surface area contributed by atoms with E-state index in [1.807, 2.05) is 33.3 Å². The fraction of sp³-hybridized carbons (Fsp3) is 0.780. The van der Waals surface area contributed by atoms with Crippen LogP contribution in [0.3, 0.4) is 0 Å². The molecular formula is C59H106NO8+. The zero-order chi connectivity index (χ0) is 49.9. The number of likely N-dealkylation sites (N-methyl/N-ethyl adjacent to an activating group) is 1. The molecule has 0 aliphatic carbocycles. The molecule has 0 fully saturated rings. The quantitative estimate of drug-likeness (QED) is 0.0211. The molecule has 0 aliphatic heterocycles. The maximum absolute atomic E-state index is 12.7. The third-order valence-electron chi connectivity index (χ3n) is 12.1. The van der Waals surface area contributed by atoms with Gasteiger partial charge in [0, 0.05) is 6.42 Å². The van der Waals surface area contributed by atoms with Crippen LogP contribution in [0.25, 0.3) is 0 Å². The van der Waals surface area contributed by atoms with Gasteiger partial charge in [-0.05, 0) is 38.5 Å². The highest BCUT2D eigenvalue weighted by Crippen LogP contribution is 2.17. The molecule has 0 aliphatic rings. The van der Waals surface area contributed by atoms with E-state index in [1.165, 1.54) is 161 Å². The summed E-state index contributed by atoms with van der Waals surface area (Å²) in [7, 11) is 5.93. The van der Waals surface area contributed by atoms with Crippen molar-refractivity contribution in [2.75, 3.05) is 47.5 Å². The second-order valence-electron chi connectivity index (χ2n) is 19.9. The van der Waals surface area contributed by atoms with Gasteiger partial charge in [-0.2, -0.15) is 0 Å². The van der Waals surface area contributed by atoms with Crippen LogP contribution in [0.4, 0.5) is 0 Å². The summed E-state index contributed by atoms with van der Waals surface area (Å²) in [5.74, 6) is -2.17. The van der Waals surface area contributed by atoms with Gasteiger partial charge in [-0.1, -0.05) is 248 Å². The molecule has 68 heavy (non-hydrogen) atoms. The molecule has 2 unspecified atom stereocenters. The number of carbonyl (C=O) groups excluding carboxylic acids is 2. The minimum absolute atomic E-state index is 0.0277. The summed E-state index contributed by atoms with van der Waals surface area (Å²) in [6.45, 7) is 4.67. The summed E-state index contributed by atoms with van der Waals surface area (Å²) in [5, 5.41) is 9.67. The fourth-order valence-corrected chi connectivity index (χ4v) is 7.80. The maximum Gasteiger partial charge on any atom is 0.361 e. The lowest BCUT2D eigenvalue weighted by molar-refractivity contribution is -0.870. The summed E-state index contributed by atoms with van der Waals surface area (Å²) in [5.41, 5.74) is 0. The summed E-state index contributed by atoms with van der Waals surface area (Å²) >= 11 is 0. The van der Waals surface area contributed by atoms with Crippen LogP contribution in [0, 0.1) is 0 Å². The van der Waals surface area contributed by atoms with Gasteiger partial charge in [-0.15, -0.1) is 0 Å². The number of hydrogen-bond acceptors (Lipinski definition) is 7. The van der Waals surface area contributed by atoms with Crippen molar-refractivity contribution in [3.8, 4) is 0 Å². The van der Waals surface area contributed by atoms with Crippen LogP contribution in [0.1, 0.15) is 239 Å². The van der Waals surface area contributed by atoms with E-state index in [4.69, 9.17) is 18.9 Å². The molecule has 1 N–H and O–H groups in total. The topological polar surface area (TPSA) is 108 Å². The minimum atomic E-state index is -1.53. The molecule has 0 rings (SSSR count). The van der Waals surface area contributed by atoms with E-state index in [-0.39, 0.29) is 38.6 Å². The average Bonchev–Trinajstić information content (AvgIpc) is 3.30. The van der Waals surface area contributed by atoms with Crippen molar-refractivity contribution in [3.63, 3.8) is 0 Å². The number of ether oxygens (including phenoxy) is 4. The third-order valence-corrected chi connectivity index (χ3v) is 12.1. The molecule has 0 aromatic carbocycles. The fourth-order valence-electron chi connectivity index (χ4n) is 7.80. The Labute approximate surface area is 418 Å². The standard InChI is InChI=1S/C59H105NO8/c1-6-8-10-12-14-16-18-20-22-23-24-25-26-27-28-29-30-31-32-33-34-36-37-39-41-43-45-47-49-56(61)66-53-55(54-67-59(58(63)64)65-52-51-60(3,4)5)68-57(62)50-48-46-44-42-40-38-35-21-19-17-15-13-11-9-7-2/h9,11,15,17,21,35,40,42,46,48,55,59H,6-8,10,12-14,16,18-20,22-34,36-39,41,43-45,47,49-54H2,1-5H3/p+1/b11-9-,17-15-,35-21-,42-40-,48-46-. The molecule has 0 bridgehead atoms. The number of aliphatic carboxylic acids is 1. The summed E-state index contributed by atoms with van der Waals surface area (Å²) in [6, 6.07) is 0. The molecule has 394 valence electrons. The molecule has 0 saturated heterocycles. The minimum Gasteiger partial charge on any atom is -0.477 e. The predicted octanol–water partition coefficient (Wildman–Crippen LogP) is 16.1. The lowest BCUT2D eigenvalue weighted by atomic mass is 10.0. The molecule has 0 heterocycles. The first kappa shape index (κ1) is 65.0. The van der Waals surface area contributed by atoms with Gasteiger partial charge < -0.3 is 28.5 Å². The summed E-state index contributed by atoms with van der Waals surface area (Å²) in [4.78, 5) is 37.2. The van der Waals surface area contributed by atoms with Crippen molar-refractivity contribution in [2.24, 2.45) is 0 Å². The first-order valence-corrected chi connectivity index (χ1v) is 28.0. The molecule has 0 amide bonds. The molecule has 0 saturated carbocycles. The zero-order valence-corrected chi connectivity index (χ0v) is 44.8. The molecule has 0 aromatic heterocycles. The molecule has 9 nitrogen and oxygen atoms in total. The first-order chi connectivity index (χ1) is 33.1. The van der Waals surface area contributed by atoms with E-state index in [9.17, 15) is 19.5 Å². The van der Waals surface area contributed by atoms with E-state index < -0.39 is 24.3 Å². The Morgan fingerprint density at radius 1 is 0.456 bits per heavy atom. The molecule has 9 heteroatoms. The van der Waals surface area contributed by atoms with E-state index in [0.29, 0.717) is 17.4 Å². The molecule has 0 radical (unpaired) electrons. The zero-order valence-electron chi connectivity index (χ0n) is 44.8. The van der Waals surface area contributed by atoms with Crippen LogP contribution >= 0.6 is 0 Å². The number of carboxylic acid groups (broad SMARTS) is 1. The lowest BCUT2D eigenvalue weighted by Crippen LogP contribution is -2.40. The van der Waals surface area contributed by atoms with E-state index in [2.05, 4.69) is 56.4 Å². The Kier molecular flexibility index (Phi) is 48.2. The van der Waals surface area contributed by atoms with Crippen LogP contribution in [0.2, 0.25) is 0 Å². The van der Waals surface area contributed by atoms with E-state index in [1.54, 1.807) is 6.08 Å². The summed E-state index contributed by atoms with van der Waals surface area (Å²) < 4.78 is 22.7. The second-order valence-corrected chi connectivity index (χ2v) is 19.9. The highest BCUT2D eigenvalue weighted by molar-refractivity contribution is 5.72. The number of hydrogen-bond donors (Lipinski definition) is 1. The average molecular weight is 957 g/mol. The Bertz CT molecular complexity index is 1300. The largest absolute Gasteiger partial charge is 0.477 e. The highest BCUT2D eigenvalue weighted by Gasteiger charge is 2.25. The van der Waals surface area contributed by atoms with Crippen molar-refractivity contribution in [1.29, 1.82) is 0 Å². The van der Waals surface area contributed by atoms with Crippen LogP contribution in [0.5, 0.6) is 0 Å². The Hall–Kier alpha value is -3.01. The van der Waals surface area contributed by atoms with Gasteiger partial charge in [0.15, 0.2) is 6.10 Å². The van der Waals surface area contributed by atoms with Gasteiger partial charge in [0.1, 0.15) is 13.2 Å². The smallest absolute Gasteiger partial charge is 0.361 e. The maximum atomic E-state index is 12.7. The molecule has 0 spiro atoms. The Balaban J connectivity index is 4.21. The number of nitrogens with zero attached hydrogens (tertiary/aromatic N) is 1. The predicted molar refractivity (Wildman–Crippen MR) is 286 cm³/mol. The number of unbranched alkanes of at least 4 members (excludes halogenated alkanes) is 27. The second kappa shape index (κ2) is 50.4. The number of rotatable bonds is 51. The Morgan fingerprint density at radius 2 is 0.824 bits per heavy atom. The highest BCUT2D eigenvalue weighted by atomic mass is 16.7. The van der Waals surface area contributed by atoms with Crippen molar-refractivity contribution in [1.82, 2.24) is 0 Å². The van der Waals surface area contributed by atoms with Gasteiger partial charge in [0.25, 0.3) is 6.29 Å². The van der Waals surface area contributed by atoms with E-state index >= 15 is 0 Å². The van der Waals surface area contributed by atoms with Crippen LogP contribution in [0.15, 0.2) is 60.8 Å². The van der Waals surface area contributed by atoms with Gasteiger partial charge in [0.2, 0.25) is 0 Å². The van der Waals surface area contributed by atoms with Gasteiger partial charge in [-0.3, -0.25) is 9.59 Å². The molecular weight excluding hydrogens is 851 g/mol. The molecule has 2 atom stereocenters. The molecule has 0 aromatic rings. The van der Waals surface area contributed by atoms with E-state index in [0.717, 1.165) is 44.9 Å². The van der Waals surface area contributed by atoms with Gasteiger partial charge in [-0.25, -0.2) is 4.79 Å². The number of carboxylic acids is 1. The number of esters is 2. The normalized spacial score (nSPS) is 13.2. The summed E-state index contributed by atoms with van der Waals surface area (Å²) in [6.07, 6.45) is 60.7. The van der Waals surface area contributed by atoms with Crippen molar-refractivity contribution in [2.45, 2.75) is 251 Å². The van der Waals surface area contributed by atoms with Gasteiger partial charge in [0.05, 0.1) is 40.8 Å². The van der Waals surface area contributed by atoms with Crippen molar-refractivity contribution < 1.29 is 42.9 Å². The SMILES string of the molecule is CC/C=C\C/C=C\C/C=C\C/C=C\C/C=C\CC(=O)OC(COC(=O)CCCCCCCCCCCCCCCCCCCCCCCCCCCCCC)COC(OCC[N+](C)(C)C)C(=O)O. The lowest BCUT2D eigenvalue weighted by Gasteiger charge is -2.25. The number of allylic oxidation sites excluding steroid dienone is 9. The first-order valence-electron chi connectivity index (χ1n) is 28.0. The Morgan fingerprint density at radius 3 is 1.19 bits per heavy atom. The van der Waals surface area contributed by atoms with Gasteiger partial charge >= 0.3 is 17.9 Å². The number of carbonyl (C=O) groups is 3.